The molecule has 7 heteroatoms. The van der Waals surface area contributed by atoms with E-state index in [4.69, 9.17) is 9.15 Å². The summed E-state index contributed by atoms with van der Waals surface area (Å²) in [4.78, 5) is 11.4. The largest absolute Gasteiger partial charge is 0.437 e. The number of aliphatic hydroxyl groups excluding tert-OH is 1. The molecule has 0 spiro atoms. The van der Waals surface area contributed by atoms with Gasteiger partial charge in [-0.25, -0.2) is 9.18 Å². The van der Waals surface area contributed by atoms with Gasteiger partial charge in [-0.15, -0.1) is 5.10 Å². The highest BCUT2D eigenvalue weighted by molar-refractivity contribution is 5.18. The Labute approximate surface area is 108 Å². The first-order valence-corrected chi connectivity index (χ1v) is 5.59. The summed E-state index contributed by atoms with van der Waals surface area (Å²) in [7, 11) is 1.45. The lowest BCUT2D eigenvalue weighted by Gasteiger charge is -2.09. The zero-order chi connectivity index (χ0) is 13.8. The van der Waals surface area contributed by atoms with Crippen LogP contribution >= 0.6 is 0 Å². The van der Waals surface area contributed by atoms with Crippen molar-refractivity contribution in [2.24, 2.45) is 0 Å². The van der Waals surface area contributed by atoms with Gasteiger partial charge in [-0.1, -0.05) is 12.1 Å². The summed E-state index contributed by atoms with van der Waals surface area (Å²) in [6.07, 6.45) is -1.05. The molecule has 6 nitrogen and oxygen atoms in total. The fraction of sp³-hybridized carbons (Fsp3) is 0.333. The number of hydrogen-bond acceptors (Lipinski definition) is 5. The summed E-state index contributed by atoms with van der Waals surface area (Å²) in [5.41, 5.74) is 0.364. The lowest BCUT2D eigenvalue weighted by Crippen LogP contribution is -2.20. The van der Waals surface area contributed by atoms with Gasteiger partial charge in [-0.3, -0.25) is 0 Å². The molecule has 1 N–H and O–H groups in total. The molecule has 0 bridgehead atoms. The van der Waals surface area contributed by atoms with Crippen molar-refractivity contribution in [1.29, 1.82) is 0 Å². The second-order valence-electron chi connectivity index (χ2n) is 3.95. The quantitative estimate of drug-likeness (QED) is 0.870. The van der Waals surface area contributed by atoms with Crippen LogP contribution in [0.3, 0.4) is 0 Å². The van der Waals surface area contributed by atoms with E-state index >= 15 is 0 Å². The summed E-state index contributed by atoms with van der Waals surface area (Å²) in [6, 6.07) is 5.52. The third kappa shape index (κ3) is 3.27. The molecule has 1 heterocycles. The van der Waals surface area contributed by atoms with Crippen LogP contribution in [0, 0.1) is 5.82 Å². The minimum absolute atomic E-state index is 0.0678. The zero-order valence-electron chi connectivity index (χ0n) is 10.2. The van der Waals surface area contributed by atoms with Gasteiger partial charge >= 0.3 is 5.76 Å². The first kappa shape index (κ1) is 13.4. The van der Waals surface area contributed by atoms with Gasteiger partial charge in [-0.2, -0.15) is 4.68 Å². The van der Waals surface area contributed by atoms with Crippen LogP contribution in [0.25, 0.3) is 0 Å². The highest BCUT2D eigenvalue weighted by Crippen LogP contribution is 2.15. The molecular weight excluding hydrogens is 255 g/mol. The summed E-state index contributed by atoms with van der Waals surface area (Å²) in [5.74, 6) is -1.02. The Kier molecular flexibility index (Phi) is 4.08. The number of aliphatic hydroxyl groups is 1. The van der Waals surface area contributed by atoms with E-state index in [9.17, 15) is 14.3 Å². The summed E-state index contributed by atoms with van der Waals surface area (Å²) in [5, 5.41) is 13.8. The minimum atomic E-state index is -1.05. The van der Waals surface area contributed by atoms with Crippen molar-refractivity contribution in [3.05, 3.63) is 52.1 Å². The Morgan fingerprint density at radius 1 is 1.58 bits per heavy atom. The molecule has 19 heavy (non-hydrogen) atoms. The molecule has 102 valence electrons. The van der Waals surface area contributed by atoms with Gasteiger partial charge in [0.05, 0.1) is 12.6 Å². The first-order valence-electron chi connectivity index (χ1n) is 5.59. The summed E-state index contributed by atoms with van der Waals surface area (Å²) >= 11 is 0. The van der Waals surface area contributed by atoms with Crippen LogP contribution in [-0.4, -0.2) is 22.0 Å². The summed E-state index contributed by atoms with van der Waals surface area (Å²) in [6.45, 7) is -0.0478. The molecule has 1 atom stereocenters. The fourth-order valence-corrected chi connectivity index (χ4v) is 1.63. The van der Waals surface area contributed by atoms with E-state index in [1.54, 1.807) is 6.07 Å². The van der Waals surface area contributed by atoms with E-state index in [0.717, 1.165) is 4.68 Å². The lowest BCUT2D eigenvalue weighted by atomic mass is 10.1. The molecule has 0 aliphatic rings. The topological polar surface area (TPSA) is 77.5 Å². The average Bonchev–Trinajstić information content (AvgIpc) is 2.70. The van der Waals surface area contributed by atoms with Crippen LogP contribution in [0.4, 0.5) is 4.39 Å². The number of rotatable bonds is 5. The van der Waals surface area contributed by atoms with Gasteiger partial charge in [-0.05, 0) is 17.7 Å². The Morgan fingerprint density at radius 2 is 2.37 bits per heavy atom. The molecule has 1 aromatic carbocycles. The lowest BCUT2D eigenvalue weighted by molar-refractivity contribution is 0.147. The fourth-order valence-electron chi connectivity index (χ4n) is 1.63. The van der Waals surface area contributed by atoms with Crippen molar-refractivity contribution < 1.29 is 18.7 Å². The van der Waals surface area contributed by atoms with E-state index in [0.29, 0.717) is 5.56 Å². The molecule has 0 fully saturated rings. The number of methoxy groups -OCH3 is 1. The third-order valence-electron chi connectivity index (χ3n) is 2.50. The molecule has 0 unspecified atom stereocenters. The molecule has 0 aliphatic heterocycles. The Morgan fingerprint density at radius 3 is 3.05 bits per heavy atom. The van der Waals surface area contributed by atoms with Crippen LogP contribution in [0.1, 0.15) is 17.6 Å². The predicted molar refractivity (Wildman–Crippen MR) is 62.8 cm³/mol. The van der Waals surface area contributed by atoms with E-state index in [-0.39, 0.29) is 19.0 Å². The highest BCUT2D eigenvalue weighted by Gasteiger charge is 2.14. The van der Waals surface area contributed by atoms with E-state index < -0.39 is 17.7 Å². The van der Waals surface area contributed by atoms with E-state index in [2.05, 4.69) is 5.10 Å². The molecule has 0 amide bonds. The van der Waals surface area contributed by atoms with E-state index in [1.807, 2.05) is 0 Å². The highest BCUT2D eigenvalue weighted by atomic mass is 19.1. The standard InChI is InChI=1S/C12H13FN2O4/c1-18-7-11-14-15(12(17)19-11)6-10(16)8-3-2-4-9(13)5-8/h2-5,10,16H,6-7H2,1H3/t10-/m0/s1. The van der Waals surface area contributed by atoms with Crippen LogP contribution in [-0.2, 0) is 17.9 Å². The van der Waals surface area contributed by atoms with Crippen molar-refractivity contribution in [1.82, 2.24) is 9.78 Å². The number of nitrogens with zero attached hydrogens (tertiary/aromatic N) is 2. The van der Waals surface area contributed by atoms with Crippen molar-refractivity contribution in [3.8, 4) is 0 Å². The maximum absolute atomic E-state index is 13.0. The smallest absolute Gasteiger partial charge is 0.390 e. The summed E-state index contributed by atoms with van der Waals surface area (Å²) < 4.78 is 23.6. The molecule has 0 radical (unpaired) electrons. The molecule has 0 saturated heterocycles. The second-order valence-corrected chi connectivity index (χ2v) is 3.95. The SMILES string of the molecule is COCc1nn(C[C@H](O)c2cccc(F)c2)c(=O)o1. The van der Waals surface area contributed by atoms with Crippen molar-refractivity contribution in [3.63, 3.8) is 0 Å². The number of halogens is 1. The van der Waals surface area contributed by atoms with Crippen molar-refractivity contribution >= 4 is 0 Å². The second kappa shape index (κ2) is 5.77. The molecule has 0 saturated carbocycles. The van der Waals surface area contributed by atoms with E-state index in [1.165, 1.54) is 25.3 Å². The minimum Gasteiger partial charge on any atom is -0.390 e. The van der Waals surface area contributed by atoms with Crippen LogP contribution in [0.15, 0.2) is 33.5 Å². The average molecular weight is 268 g/mol. The molecular formula is C12H13FN2O4. The number of aromatic nitrogens is 2. The van der Waals surface area contributed by atoms with Crippen molar-refractivity contribution in [2.75, 3.05) is 7.11 Å². The predicted octanol–water partition coefficient (Wildman–Crippen LogP) is 0.855. The molecule has 2 rings (SSSR count). The third-order valence-corrected chi connectivity index (χ3v) is 2.50. The maximum atomic E-state index is 13.0. The first-order chi connectivity index (χ1) is 9.10. The Balaban J connectivity index is 2.14. The van der Waals surface area contributed by atoms with Gasteiger partial charge in [0, 0.05) is 7.11 Å². The Hall–Kier alpha value is -1.99. The number of hydrogen-bond donors (Lipinski definition) is 1. The normalized spacial score (nSPS) is 12.6. The maximum Gasteiger partial charge on any atom is 0.437 e. The van der Waals surface area contributed by atoms with Gasteiger partial charge in [0.1, 0.15) is 12.4 Å². The van der Waals surface area contributed by atoms with Gasteiger partial charge in [0.15, 0.2) is 0 Å². The molecule has 1 aromatic heterocycles. The Bertz CT molecular complexity index is 608. The monoisotopic (exact) mass is 268 g/mol. The van der Waals surface area contributed by atoms with Crippen LogP contribution < -0.4 is 5.76 Å². The number of ether oxygens (including phenoxy) is 1. The number of benzene rings is 1. The molecule has 0 aliphatic carbocycles. The van der Waals surface area contributed by atoms with Crippen molar-refractivity contribution in [2.45, 2.75) is 19.3 Å². The molecule has 2 aromatic rings. The van der Waals surface area contributed by atoms with Gasteiger partial charge < -0.3 is 14.3 Å². The zero-order valence-corrected chi connectivity index (χ0v) is 10.2. The van der Waals surface area contributed by atoms with Crippen LogP contribution in [0.2, 0.25) is 0 Å². The van der Waals surface area contributed by atoms with Gasteiger partial charge in [0.25, 0.3) is 0 Å². The van der Waals surface area contributed by atoms with Crippen LogP contribution in [0.5, 0.6) is 0 Å². The van der Waals surface area contributed by atoms with Gasteiger partial charge in [0.2, 0.25) is 5.89 Å².